The minimum Gasteiger partial charge on any atom is -0.340 e. The molecule has 3 rings (SSSR count). The van der Waals surface area contributed by atoms with Crippen LogP contribution in [0.4, 0.5) is 4.39 Å². The van der Waals surface area contributed by atoms with Crippen molar-refractivity contribution < 1.29 is 9.18 Å². The van der Waals surface area contributed by atoms with Gasteiger partial charge in [-0.05, 0) is 30.0 Å². The van der Waals surface area contributed by atoms with E-state index in [-0.39, 0.29) is 23.7 Å². The van der Waals surface area contributed by atoms with Crippen LogP contribution in [0.15, 0.2) is 24.3 Å². The Bertz CT molecular complexity index is 587. The zero-order valence-corrected chi connectivity index (χ0v) is 12.7. The van der Waals surface area contributed by atoms with E-state index in [1.54, 1.807) is 12.1 Å². The highest BCUT2D eigenvalue weighted by Gasteiger charge is 2.42. The van der Waals surface area contributed by atoms with Crippen LogP contribution in [0, 0.1) is 29.0 Å². The number of rotatable bonds is 3. The Labute approximate surface area is 130 Å². The maximum absolute atomic E-state index is 13.0. The van der Waals surface area contributed by atoms with Gasteiger partial charge in [-0.1, -0.05) is 19.1 Å². The van der Waals surface area contributed by atoms with Gasteiger partial charge in [-0.2, -0.15) is 5.26 Å². The van der Waals surface area contributed by atoms with Crippen molar-refractivity contribution in [2.24, 2.45) is 11.8 Å². The Kier molecular flexibility index (Phi) is 4.12. The predicted octanol–water partition coefficient (Wildman–Crippen LogP) is 2.19. The third-order valence-electron chi connectivity index (χ3n) is 4.73. The fourth-order valence-corrected chi connectivity index (χ4v) is 3.11. The van der Waals surface area contributed by atoms with E-state index in [1.807, 2.05) is 4.90 Å². The van der Waals surface area contributed by atoms with Crippen molar-refractivity contribution in [3.05, 3.63) is 35.6 Å². The molecule has 1 saturated carbocycles. The van der Waals surface area contributed by atoms with E-state index >= 15 is 0 Å². The lowest BCUT2D eigenvalue weighted by Crippen LogP contribution is -2.50. The molecule has 1 heterocycles. The summed E-state index contributed by atoms with van der Waals surface area (Å²) in [6, 6.07) is 8.00. The molecule has 1 aliphatic carbocycles. The molecular weight excluding hydrogens is 281 g/mol. The van der Waals surface area contributed by atoms with Crippen molar-refractivity contribution in [1.29, 1.82) is 5.26 Å². The summed E-state index contributed by atoms with van der Waals surface area (Å²) in [7, 11) is 0. The van der Waals surface area contributed by atoms with Gasteiger partial charge in [0.15, 0.2) is 0 Å². The third kappa shape index (κ3) is 2.97. The molecule has 5 heteroatoms. The molecule has 2 fully saturated rings. The van der Waals surface area contributed by atoms with Gasteiger partial charge in [-0.3, -0.25) is 9.69 Å². The molecule has 3 atom stereocenters. The van der Waals surface area contributed by atoms with Gasteiger partial charge in [0.1, 0.15) is 11.9 Å². The van der Waals surface area contributed by atoms with Crippen molar-refractivity contribution in [3.8, 4) is 6.07 Å². The highest BCUT2D eigenvalue weighted by atomic mass is 19.1. The van der Waals surface area contributed by atoms with Crippen LogP contribution in [-0.4, -0.2) is 41.9 Å². The normalized spacial score (nSPS) is 26.3. The zero-order valence-electron chi connectivity index (χ0n) is 12.7. The topological polar surface area (TPSA) is 47.3 Å². The molecule has 0 bridgehead atoms. The highest BCUT2D eigenvalue weighted by Crippen LogP contribution is 2.39. The largest absolute Gasteiger partial charge is 0.340 e. The summed E-state index contributed by atoms with van der Waals surface area (Å²) in [6.07, 6.45) is 1.01. The molecule has 22 heavy (non-hydrogen) atoms. The van der Waals surface area contributed by atoms with Crippen molar-refractivity contribution in [3.63, 3.8) is 0 Å². The van der Waals surface area contributed by atoms with E-state index in [0.29, 0.717) is 32.1 Å². The summed E-state index contributed by atoms with van der Waals surface area (Å²) >= 11 is 0. The lowest BCUT2D eigenvalue weighted by atomic mass is 10.1. The summed E-state index contributed by atoms with van der Waals surface area (Å²) < 4.78 is 13.0. The van der Waals surface area contributed by atoms with Crippen molar-refractivity contribution in [2.45, 2.75) is 19.4 Å². The molecule has 0 aromatic heterocycles. The molecule has 2 aliphatic rings. The fourth-order valence-electron chi connectivity index (χ4n) is 3.11. The molecule has 3 unspecified atom stereocenters. The van der Waals surface area contributed by atoms with Crippen molar-refractivity contribution in [2.75, 3.05) is 26.2 Å². The van der Waals surface area contributed by atoms with E-state index in [9.17, 15) is 14.4 Å². The Balaban J connectivity index is 1.61. The van der Waals surface area contributed by atoms with E-state index in [1.165, 1.54) is 12.1 Å². The number of benzene rings is 1. The first kappa shape index (κ1) is 15.0. The first-order valence-corrected chi connectivity index (χ1v) is 7.78. The van der Waals surface area contributed by atoms with Crippen LogP contribution in [-0.2, 0) is 4.79 Å². The lowest BCUT2D eigenvalue weighted by Gasteiger charge is -2.37. The highest BCUT2D eigenvalue weighted by molar-refractivity contribution is 5.81. The number of nitriles is 1. The molecule has 4 nitrogen and oxygen atoms in total. The number of hydrogen-bond acceptors (Lipinski definition) is 3. The van der Waals surface area contributed by atoms with E-state index in [0.717, 1.165) is 12.0 Å². The minimum absolute atomic E-state index is 0.218. The van der Waals surface area contributed by atoms with E-state index in [2.05, 4.69) is 17.9 Å². The number of carbonyl (C=O) groups excluding carboxylic acids is 1. The minimum atomic E-state index is -0.377. The number of halogens is 1. The van der Waals surface area contributed by atoms with Gasteiger partial charge in [0.05, 0.1) is 6.07 Å². The molecule has 1 aromatic rings. The second-order valence-corrected chi connectivity index (χ2v) is 6.26. The second-order valence-electron chi connectivity index (χ2n) is 6.26. The number of amides is 1. The molecule has 1 aromatic carbocycles. The predicted molar refractivity (Wildman–Crippen MR) is 80.2 cm³/mol. The molecule has 1 amide bonds. The quantitative estimate of drug-likeness (QED) is 0.860. The van der Waals surface area contributed by atoms with E-state index < -0.39 is 0 Å². The maximum Gasteiger partial charge on any atom is 0.226 e. The fraction of sp³-hybridized carbons (Fsp3) is 0.529. The van der Waals surface area contributed by atoms with Crippen LogP contribution in [0.3, 0.4) is 0 Å². The Hall–Kier alpha value is -1.93. The Morgan fingerprint density at radius 1 is 1.27 bits per heavy atom. The van der Waals surface area contributed by atoms with Crippen LogP contribution >= 0.6 is 0 Å². The maximum atomic E-state index is 13.0. The molecule has 1 aliphatic heterocycles. The number of hydrogen-bond donors (Lipinski definition) is 0. The SMILES string of the molecule is CC1CC1C(=O)N1CCN(C(C#N)c2ccc(F)cc2)CC1. The lowest BCUT2D eigenvalue weighted by molar-refractivity contribution is -0.134. The number of carbonyl (C=O) groups is 1. The summed E-state index contributed by atoms with van der Waals surface area (Å²) in [4.78, 5) is 16.2. The smallest absolute Gasteiger partial charge is 0.226 e. The number of nitrogens with zero attached hydrogens (tertiary/aromatic N) is 3. The van der Waals surface area contributed by atoms with Gasteiger partial charge in [0, 0.05) is 32.1 Å². The van der Waals surface area contributed by atoms with E-state index in [4.69, 9.17) is 0 Å². The first-order chi connectivity index (χ1) is 10.6. The molecule has 0 N–H and O–H groups in total. The summed E-state index contributed by atoms with van der Waals surface area (Å²) in [5.41, 5.74) is 0.805. The van der Waals surface area contributed by atoms with Gasteiger partial charge >= 0.3 is 0 Å². The van der Waals surface area contributed by atoms with Crippen LogP contribution in [0.2, 0.25) is 0 Å². The molecule has 1 saturated heterocycles. The monoisotopic (exact) mass is 301 g/mol. The van der Waals surface area contributed by atoms with Gasteiger partial charge in [0.2, 0.25) is 5.91 Å². The second kappa shape index (κ2) is 6.05. The molecule has 116 valence electrons. The molecular formula is C17H20FN3O. The summed E-state index contributed by atoms with van der Waals surface area (Å²) in [5, 5.41) is 9.44. The Morgan fingerprint density at radius 3 is 2.36 bits per heavy atom. The standard InChI is InChI=1S/C17H20FN3O/c1-12-10-15(12)17(22)21-8-6-20(7-9-21)16(11-19)13-2-4-14(18)5-3-13/h2-5,12,15-16H,6-10H2,1H3. The van der Waals surface area contributed by atoms with Gasteiger partial charge in [-0.15, -0.1) is 0 Å². The third-order valence-corrected chi connectivity index (χ3v) is 4.73. The van der Waals surface area contributed by atoms with Crippen LogP contribution in [0.25, 0.3) is 0 Å². The summed E-state index contributed by atoms with van der Waals surface area (Å²) in [6.45, 7) is 4.81. The van der Waals surface area contributed by atoms with Crippen molar-refractivity contribution in [1.82, 2.24) is 9.80 Å². The average Bonchev–Trinajstić information content (AvgIpc) is 3.27. The average molecular weight is 301 g/mol. The number of piperazine rings is 1. The van der Waals surface area contributed by atoms with Gasteiger partial charge in [-0.25, -0.2) is 4.39 Å². The van der Waals surface area contributed by atoms with Crippen LogP contribution < -0.4 is 0 Å². The zero-order chi connectivity index (χ0) is 15.7. The molecule has 0 spiro atoms. The first-order valence-electron chi connectivity index (χ1n) is 7.78. The van der Waals surface area contributed by atoms with Crippen molar-refractivity contribution >= 4 is 5.91 Å². The molecule has 0 radical (unpaired) electrons. The Morgan fingerprint density at radius 2 is 1.86 bits per heavy atom. The van der Waals surface area contributed by atoms with Gasteiger partial charge in [0.25, 0.3) is 0 Å². The van der Waals surface area contributed by atoms with Crippen LogP contribution in [0.5, 0.6) is 0 Å². The van der Waals surface area contributed by atoms with Gasteiger partial charge < -0.3 is 4.90 Å². The summed E-state index contributed by atoms with van der Waals surface area (Å²) in [5.74, 6) is 0.712. The van der Waals surface area contributed by atoms with Crippen LogP contribution in [0.1, 0.15) is 24.9 Å².